The first kappa shape index (κ1) is 12.5. The van der Waals surface area contributed by atoms with Crippen molar-refractivity contribution >= 4 is 41.2 Å². The number of para-hydroxylation sites is 2. The van der Waals surface area contributed by atoms with Gasteiger partial charge in [-0.2, -0.15) is 11.3 Å². The summed E-state index contributed by atoms with van der Waals surface area (Å²) in [6, 6.07) is 12.2. The summed E-state index contributed by atoms with van der Waals surface area (Å²) in [5.74, 6) is 0.00820. The van der Waals surface area contributed by atoms with E-state index < -0.39 is 0 Å². The van der Waals surface area contributed by atoms with Crippen molar-refractivity contribution in [3.05, 3.63) is 52.5 Å². The summed E-state index contributed by atoms with van der Waals surface area (Å²) in [7, 11) is 2.08. The van der Waals surface area contributed by atoms with E-state index in [4.69, 9.17) is 0 Å². The highest BCUT2D eigenvalue weighted by Gasteiger charge is 2.34. The van der Waals surface area contributed by atoms with Crippen LogP contribution in [-0.4, -0.2) is 20.3 Å². The molecule has 2 aliphatic heterocycles. The number of rotatable bonds is 1. The van der Waals surface area contributed by atoms with Crippen molar-refractivity contribution in [3.63, 3.8) is 0 Å². The van der Waals surface area contributed by atoms with Crippen molar-refractivity contribution in [3.8, 4) is 0 Å². The molecular formula is C15H14BN3OS. The van der Waals surface area contributed by atoms with Crippen LogP contribution < -0.4 is 20.7 Å². The first-order valence-electron chi connectivity index (χ1n) is 6.92. The summed E-state index contributed by atoms with van der Waals surface area (Å²) >= 11 is 1.72. The molecule has 1 aromatic heterocycles. The fourth-order valence-electron chi connectivity index (χ4n) is 2.84. The van der Waals surface area contributed by atoms with Crippen LogP contribution in [0.4, 0.5) is 11.4 Å². The minimum Gasteiger partial charge on any atom is -0.371 e. The van der Waals surface area contributed by atoms with Gasteiger partial charge >= 0.3 is 0 Å². The van der Waals surface area contributed by atoms with Gasteiger partial charge in [0.25, 0.3) is 5.91 Å². The Bertz CT molecular complexity index is 768. The lowest BCUT2D eigenvalue weighted by molar-refractivity contribution is -0.116. The first-order chi connectivity index (χ1) is 10.2. The molecule has 1 atom stereocenters. The van der Waals surface area contributed by atoms with Gasteiger partial charge in [-0.15, -0.1) is 0 Å². The van der Waals surface area contributed by atoms with E-state index in [9.17, 15) is 4.79 Å². The Morgan fingerprint density at radius 2 is 1.95 bits per heavy atom. The monoisotopic (exact) mass is 295 g/mol. The molecule has 0 bridgehead atoms. The fourth-order valence-corrected chi connectivity index (χ4v) is 3.78. The SMILES string of the molecule is Bc1ccc(C2Nc3ccccc3NC3=C2C(=O)NC3)s1. The molecule has 3 heterocycles. The lowest BCUT2D eigenvalue weighted by Crippen LogP contribution is -2.23. The Morgan fingerprint density at radius 1 is 1.14 bits per heavy atom. The van der Waals surface area contributed by atoms with Gasteiger partial charge in [0.15, 0.2) is 7.85 Å². The molecule has 0 radical (unpaired) electrons. The molecule has 21 heavy (non-hydrogen) atoms. The summed E-state index contributed by atoms with van der Waals surface area (Å²) in [6.07, 6.45) is 0. The summed E-state index contributed by atoms with van der Waals surface area (Å²) in [5, 5.41) is 9.83. The van der Waals surface area contributed by atoms with Crippen molar-refractivity contribution in [2.75, 3.05) is 17.2 Å². The molecule has 2 aliphatic rings. The van der Waals surface area contributed by atoms with E-state index in [1.165, 1.54) is 4.78 Å². The predicted octanol–water partition coefficient (Wildman–Crippen LogP) is 0.969. The third-order valence-corrected chi connectivity index (χ3v) is 4.91. The summed E-state index contributed by atoms with van der Waals surface area (Å²) in [4.78, 5) is 13.4. The highest BCUT2D eigenvalue weighted by Crippen LogP contribution is 2.38. The minimum atomic E-state index is -0.0997. The number of amides is 1. The van der Waals surface area contributed by atoms with Crippen LogP contribution in [0.3, 0.4) is 0 Å². The highest BCUT2D eigenvalue weighted by atomic mass is 32.1. The summed E-state index contributed by atoms with van der Waals surface area (Å²) in [6.45, 7) is 0.561. The quantitative estimate of drug-likeness (QED) is 0.687. The second kappa shape index (κ2) is 4.67. The molecule has 1 amide bonds. The summed E-state index contributed by atoms with van der Waals surface area (Å²) < 4.78 is 1.25. The number of nitrogens with one attached hydrogen (secondary N) is 3. The maximum atomic E-state index is 12.3. The largest absolute Gasteiger partial charge is 0.371 e. The molecular weight excluding hydrogens is 281 g/mol. The minimum absolute atomic E-state index is 0.00820. The van der Waals surface area contributed by atoms with Crippen LogP contribution >= 0.6 is 11.3 Å². The van der Waals surface area contributed by atoms with Gasteiger partial charge in [-0.25, -0.2) is 0 Å². The number of carbonyl (C=O) groups is 1. The van der Waals surface area contributed by atoms with Crippen LogP contribution in [0.2, 0.25) is 0 Å². The van der Waals surface area contributed by atoms with E-state index in [2.05, 4.69) is 35.9 Å². The third kappa shape index (κ3) is 2.03. The number of anilines is 2. The van der Waals surface area contributed by atoms with Crippen molar-refractivity contribution in [2.24, 2.45) is 0 Å². The normalized spacial score (nSPS) is 20.0. The molecule has 0 saturated heterocycles. The van der Waals surface area contributed by atoms with Gasteiger partial charge in [-0.1, -0.05) is 18.2 Å². The topological polar surface area (TPSA) is 53.2 Å². The van der Waals surface area contributed by atoms with Gasteiger partial charge < -0.3 is 16.0 Å². The van der Waals surface area contributed by atoms with Crippen LogP contribution in [0, 0.1) is 0 Å². The van der Waals surface area contributed by atoms with Crippen molar-refractivity contribution in [2.45, 2.75) is 6.04 Å². The van der Waals surface area contributed by atoms with E-state index in [1.54, 1.807) is 11.3 Å². The first-order valence-corrected chi connectivity index (χ1v) is 7.74. The average Bonchev–Trinajstić information content (AvgIpc) is 3.01. The van der Waals surface area contributed by atoms with Crippen LogP contribution in [0.5, 0.6) is 0 Å². The third-order valence-electron chi connectivity index (χ3n) is 3.84. The smallest absolute Gasteiger partial charge is 0.251 e. The van der Waals surface area contributed by atoms with E-state index >= 15 is 0 Å². The maximum absolute atomic E-state index is 12.3. The molecule has 1 aromatic carbocycles. The van der Waals surface area contributed by atoms with Gasteiger partial charge in [0.1, 0.15) is 0 Å². The van der Waals surface area contributed by atoms with E-state index in [0.717, 1.165) is 27.5 Å². The number of benzene rings is 1. The Hall–Kier alpha value is -2.21. The number of hydrogen-bond acceptors (Lipinski definition) is 4. The number of fused-ring (bicyclic) bond motifs is 1. The van der Waals surface area contributed by atoms with Gasteiger partial charge in [0, 0.05) is 10.6 Å². The van der Waals surface area contributed by atoms with Crippen LogP contribution in [0.25, 0.3) is 0 Å². The molecule has 4 nitrogen and oxygen atoms in total. The molecule has 0 spiro atoms. The highest BCUT2D eigenvalue weighted by molar-refractivity contribution is 7.20. The second-order valence-electron chi connectivity index (χ2n) is 5.27. The van der Waals surface area contributed by atoms with Gasteiger partial charge in [0.2, 0.25) is 0 Å². The lowest BCUT2D eigenvalue weighted by atomic mass is 10.0. The zero-order valence-corrected chi connectivity index (χ0v) is 12.4. The zero-order valence-electron chi connectivity index (χ0n) is 11.6. The Morgan fingerprint density at radius 3 is 2.71 bits per heavy atom. The molecule has 2 aromatic rings. The molecule has 6 heteroatoms. The molecule has 0 fully saturated rings. The van der Waals surface area contributed by atoms with Gasteiger partial charge in [-0.3, -0.25) is 4.79 Å². The number of carbonyl (C=O) groups excluding carboxylic acids is 1. The van der Waals surface area contributed by atoms with Crippen molar-refractivity contribution < 1.29 is 4.79 Å². The van der Waals surface area contributed by atoms with E-state index in [-0.39, 0.29) is 11.9 Å². The zero-order chi connectivity index (χ0) is 14.4. The number of hydrogen-bond donors (Lipinski definition) is 3. The number of thiophene rings is 1. The van der Waals surface area contributed by atoms with E-state index in [1.807, 2.05) is 24.3 Å². The molecule has 3 N–H and O–H groups in total. The Labute approximate surface area is 127 Å². The van der Waals surface area contributed by atoms with Gasteiger partial charge in [0.05, 0.1) is 29.5 Å². The fraction of sp³-hybridized carbons (Fsp3) is 0.133. The molecule has 104 valence electrons. The van der Waals surface area contributed by atoms with Crippen LogP contribution in [-0.2, 0) is 4.79 Å². The van der Waals surface area contributed by atoms with Crippen molar-refractivity contribution in [1.82, 2.24) is 5.32 Å². The molecule has 1 unspecified atom stereocenters. The van der Waals surface area contributed by atoms with Crippen LogP contribution in [0.1, 0.15) is 10.9 Å². The maximum Gasteiger partial charge on any atom is 0.251 e. The van der Waals surface area contributed by atoms with E-state index in [0.29, 0.717) is 6.54 Å². The van der Waals surface area contributed by atoms with Gasteiger partial charge in [-0.05, 0) is 23.0 Å². The summed E-state index contributed by atoms with van der Waals surface area (Å²) in [5.41, 5.74) is 3.80. The van der Waals surface area contributed by atoms with Crippen molar-refractivity contribution in [1.29, 1.82) is 0 Å². The van der Waals surface area contributed by atoms with Crippen LogP contribution in [0.15, 0.2) is 47.7 Å². The predicted molar refractivity (Wildman–Crippen MR) is 89.0 cm³/mol. The average molecular weight is 295 g/mol. The molecule has 4 rings (SSSR count). The Balaban J connectivity index is 1.86. The molecule has 0 aliphatic carbocycles. The lowest BCUT2D eigenvalue weighted by Gasteiger charge is -2.18. The second-order valence-corrected chi connectivity index (χ2v) is 6.59. The molecule has 0 saturated carbocycles. The Kier molecular flexibility index (Phi) is 2.78. The standard InChI is InChI=1S/C15H14BN3OS/c16-12-6-5-11(21-12)14-13-10(7-17-15(13)20)18-8-3-1-2-4-9(8)19-14/h1-6,14,18-19H,7,16H2,(H,17,20).